The molecule has 0 N–H and O–H groups in total. The van der Waals surface area contributed by atoms with Gasteiger partial charge in [0.25, 0.3) is 17.5 Å². The largest absolute Gasteiger partial charge is 0.293 e. The highest BCUT2D eigenvalue weighted by Crippen LogP contribution is 2.37. The number of amides is 2. The standard InChI is InChI=1S/C27H15N3O5S2/c31-22(17-9-8-15-4-1-2-5-16(15)12-17)14-36-27-28-20-11-10-18(13-23(20)37-27)29-25(32)19-6-3-7-21(30(34)35)24(19)26(29)33/h1-13H,14H2. The van der Waals surface area contributed by atoms with Crippen molar-refractivity contribution in [3.63, 3.8) is 0 Å². The number of carbonyl (C=O) groups excluding carboxylic acids is 3. The van der Waals surface area contributed by atoms with E-state index in [-0.39, 0.29) is 22.7 Å². The predicted molar refractivity (Wildman–Crippen MR) is 143 cm³/mol. The van der Waals surface area contributed by atoms with Gasteiger partial charge >= 0.3 is 0 Å². The Balaban J connectivity index is 1.23. The molecule has 180 valence electrons. The zero-order valence-electron chi connectivity index (χ0n) is 18.9. The van der Waals surface area contributed by atoms with Gasteiger partial charge in [-0.1, -0.05) is 54.2 Å². The first-order valence-corrected chi connectivity index (χ1v) is 12.9. The molecule has 37 heavy (non-hydrogen) atoms. The third kappa shape index (κ3) is 3.96. The molecule has 10 heteroatoms. The number of nitro benzene ring substituents is 1. The molecule has 0 fully saturated rings. The van der Waals surface area contributed by atoms with Crippen LogP contribution in [0.2, 0.25) is 0 Å². The maximum atomic E-state index is 13.0. The zero-order valence-corrected chi connectivity index (χ0v) is 20.5. The van der Waals surface area contributed by atoms with E-state index in [1.54, 1.807) is 18.2 Å². The Bertz CT molecular complexity index is 1800. The molecular formula is C27H15N3O5S2. The van der Waals surface area contributed by atoms with E-state index in [1.165, 1.54) is 41.3 Å². The van der Waals surface area contributed by atoms with E-state index in [9.17, 15) is 24.5 Å². The number of thiazole rings is 1. The molecule has 0 aliphatic carbocycles. The van der Waals surface area contributed by atoms with Crippen LogP contribution in [0.5, 0.6) is 0 Å². The van der Waals surface area contributed by atoms with Crippen LogP contribution in [0.4, 0.5) is 11.4 Å². The first kappa shape index (κ1) is 23.0. The van der Waals surface area contributed by atoms with Gasteiger partial charge in [0.05, 0.1) is 32.1 Å². The van der Waals surface area contributed by atoms with Crippen LogP contribution < -0.4 is 4.90 Å². The molecule has 0 bridgehead atoms. The number of benzene rings is 4. The lowest BCUT2D eigenvalue weighted by molar-refractivity contribution is -0.385. The van der Waals surface area contributed by atoms with E-state index in [0.717, 1.165) is 20.4 Å². The quantitative estimate of drug-likeness (QED) is 0.0862. The van der Waals surface area contributed by atoms with Crippen molar-refractivity contribution in [3.8, 4) is 0 Å². The smallest absolute Gasteiger partial charge is 0.283 e. The molecule has 0 saturated carbocycles. The van der Waals surface area contributed by atoms with Gasteiger partial charge in [0.2, 0.25) is 0 Å². The third-order valence-corrected chi connectivity index (χ3v) is 8.26. The van der Waals surface area contributed by atoms with Crippen molar-refractivity contribution in [1.29, 1.82) is 0 Å². The Hall–Kier alpha value is -4.41. The van der Waals surface area contributed by atoms with Gasteiger partial charge in [-0.05, 0) is 41.1 Å². The molecule has 1 aromatic heterocycles. The Kier molecular flexibility index (Phi) is 5.54. The lowest BCUT2D eigenvalue weighted by Crippen LogP contribution is -2.29. The van der Waals surface area contributed by atoms with Crippen molar-refractivity contribution in [2.24, 2.45) is 0 Å². The van der Waals surface area contributed by atoms with Crippen molar-refractivity contribution in [1.82, 2.24) is 4.98 Å². The maximum absolute atomic E-state index is 13.0. The van der Waals surface area contributed by atoms with E-state index in [1.807, 2.05) is 42.5 Å². The third-order valence-electron chi connectivity index (χ3n) is 6.10. The van der Waals surface area contributed by atoms with Gasteiger partial charge in [-0.25, -0.2) is 9.88 Å². The molecule has 2 heterocycles. The molecule has 0 radical (unpaired) electrons. The number of Topliss-reactive ketones (excluding diaryl/α,β-unsaturated/α-hetero) is 1. The first-order chi connectivity index (χ1) is 17.9. The first-order valence-electron chi connectivity index (χ1n) is 11.1. The minimum atomic E-state index is -0.730. The topological polar surface area (TPSA) is 110 Å². The number of ketones is 1. The number of nitrogens with zero attached hydrogens (tertiary/aromatic N) is 3. The van der Waals surface area contributed by atoms with Crippen LogP contribution >= 0.6 is 23.1 Å². The van der Waals surface area contributed by atoms with Gasteiger partial charge in [-0.2, -0.15) is 0 Å². The Morgan fingerprint density at radius 3 is 2.57 bits per heavy atom. The molecule has 2 amide bonds. The van der Waals surface area contributed by atoms with Crippen molar-refractivity contribution in [3.05, 3.63) is 106 Å². The lowest BCUT2D eigenvalue weighted by atomic mass is 10.1. The number of rotatable bonds is 6. The zero-order chi connectivity index (χ0) is 25.7. The van der Waals surface area contributed by atoms with Crippen LogP contribution in [-0.4, -0.2) is 33.3 Å². The second kappa shape index (κ2) is 8.91. The number of nitro groups is 1. The molecule has 6 rings (SSSR count). The minimum Gasteiger partial charge on any atom is -0.293 e. The molecule has 5 aromatic rings. The molecule has 0 saturated heterocycles. The molecule has 1 aliphatic rings. The summed E-state index contributed by atoms with van der Waals surface area (Å²) in [6, 6.07) is 22.4. The summed E-state index contributed by atoms with van der Waals surface area (Å²) in [6.07, 6.45) is 0. The highest BCUT2D eigenvalue weighted by atomic mass is 32.2. The summed E-state index contributed by atoms with van der Waals surface area (Å²) in [5.41, 5.74) is 1.01. The Labute approximate surface area is 217 Å². The van der Waals surface area contributed by atoms with Gasteiger partial charge in [0.1, 0.15) is 5.56 Å². The van der Waals surface area contributed by atoms with E-state index in [2.05, 4.69) is 4.98 Å². The SMILES string of the molecule is O=C(CSc1nc2ccc(N3C(=O)c4cccc([N+](=O)[O-])c4C3=O)cc2s1)c1ccc2ccccc2c1. The van der Waals surface area contributed by atoms with Crippen LogP contribution in [0.1, 0.15) is 31.1 Å². The molecule has 0 unspecified atom stereocenters. The molecular weight excluding hydrogens is 510 g/mol. The normalized spacial score (nSPS) is 12.9. The van der Waals surface area contributed by atoms with E-state index >= 15 is 0 Å². The summed E-state index contributed by atoms with van der Waals surface area (Å²) in [5.74, 6) is -1.13. The van der Waals surface area contributed by atoms with Gasteiger partial charge in [-0.3, -0.25) is 24.5 Å². The van der Waals surface area contributed by atoms with Crippen LogP contribution in [0.25, 0.3) is 21.0 Å². The molecule has 8 nitrogen and oxygen atoms in total. The average molecular weight is 526 g/mol. The monoisotopic (exact) mass is 525 g/mol. The number of hydrogen-bond acceptors (Lipinski definition) is 8. The number of anilines is 1. The van der Waals surface area contributed by atoms with Crippen molar-refractivity contribution in [2.45, 2.75) is 4.34 Å². The van der Waals surface area contributed by atoms with Crippen LogP contribution in [0, 0.1) is 10.1 Å². The van der Waals surface area contributed by atoms with Crippen LogP contribution in [0.3, 0.4) is 0 Å². The van der Waals surface area contributed by atoms with Crippen LogP contribution in [-0.2, 0) is 0 Å². The fraction of sp³-hybridized carbons (Fsp3) is 0.0370. The van der Waals surface area contributed by atoms with Crippen LogP contribution in [0.15, 0.2) is 83.2 Å². The van der Waals surface area contributed by atoms with Crippen molar-refractivity contribution in [2.75, 3.05) is 10.7 Å². The summed E-state index contributed by atoms with van der Waals surface area (Å²) in [5, 5.41) is 13.5. The van der Waals surface area contributed by atoms with Gasteiger partial charge in [-0.15, -0.1) is 11.3 Å². The van der Waals surface area contributed by atoms with Gasteiger partial charge < -0.3 is 0 Å². The fourth-order valence-corrected chi connectivity index (χ4v) is 6.32. The Morgan fingerprint density at radius 2 is 1.76 bits per heavy atom. The summed E-state index contributed by atoms with van der Waals surface area (Å²) in [4.78, 5) is 55.0. The molecule has 1 aliphatic heterocycles. The highest BCUT2D eigenvalue weighted by Gasteiger charge is 2.41. The summed E-state index contributed by atoms with van der Waals surface area (Å²) in [7, 11) is 0. The maximum Gasteiger partial charge on any atom is 0.283 e. The second-order valence-electron chi connectivity index (χ2n) is 8.31. The lowest BCUT2D eigenvalue weighted by Gasteiger charge is -2.13. The second-order valence-corrected chi connectivity index (χ2v) is 10.6. The molecule has 0 spiro atoms. The van der Waals surface area contributed by atoms with Crippen molar-refractivity contribution < 1.29 is 19.3 Å². The number of thioether (sulfide) groups is 1. The summed E-state index contributed by atoms with van der Waals surface area (Å²) < 4.78 is 1.41. The van der Waals surface area contributed by atoms with E-state index < -0.39 is 22.4 Å². The minimum absolute atomic E-state index is 0.00653. The highest BCUT2D eigenvalue weighted by molar-refractivity contribution is 8.01. The number of aromatic nitrogens is 1. The fourth-order valence-electron chi connectivity index (χ4n) is 4.32. The number of imide groups is 1. The average Bonchev–Trinajstić information content (AvgIpc) is 3.44. The Morgan fingerprint density at radius 1 is 0.946 bits per heavy atom. The summed E-state index contributed by atoms with van der Waals surface area (Å²) >= 11 is 2.67. The van der Waals surface area contributed by atoms with Crippen molar-refractivity contribution >= 4 is 73.1 Å². The number of fused-ring (bicyclic) bond motifs is 3. The van der Waals surface area contributed by atoms with E-state index in [0.29, 0.717) is 21.1 Å². The molecule has 4 aromatic carbocycles. The summed E-state index contributed by atoms with van der Waals surface area (Å²) in [6.45, 7) is 0. The van der Waals surface area contributed by atoms with E-state index in [4.69, 9.17) is 0 Å². The van der Waals surface area contributed by atoms with Gasteiger partial charge in [0.15, 0.2) is 10.1 Å². The number of carbonyl (C=O) groups is 3. The molecule has 0 atom stereocenters. The number of hydrogen-bond donors (Lipinski definition) is 0. The predicted octanol–water partition coefficient (Wildman–Crippen LogP) is 6.13. The van der Waals surface area contributed by atoms with Gasteiger partial charge in [0, 0.05) is 11.6 Å².